The van der Waals surface area contributed by atoms with Gasteiger partial charge in [0.05, 0.1) is 29.0 Å². The van der Waals surface area contributed by atoms with Crippen molar-refractivity contribution in [1.29, 1.82) is 5.26 Å². The number of hydrogen-bond acceptors (Lipinski definition) is 6. The monoisotopic (exact) mass is 245 g/mol. The van der Waals surface area contributed by atoms with Crippen LogP contribution < -0.4 is 11.1 Å². The second kappa shape index (κ2) is 4.80. The number of nitrogens with zero attached hydrogens (tertiary/aromatic N) is 3. The fraction of sp³-hybridized carbons (Fsp3) is 0.182. The molecule has 3 N–H and O–H groups in total. The minimum Gasteiger partial charge on any atom is -0.396 e. The zero-order valence-corrected chi connectivity index (χ0v) is 10.1. The number of rotatable bonds is 3. The van der Waals surface area contributed by atoms with Crippen LogP contribution in [0, 0.1) is 18.3 Å². The zero-order chi connectivity index (χ0) is 12.3. The maximum absolute atomic E-state index is 8.70. The van der Waals surface area contributed by atoms with Gasteiger partial charge in [-0.1, -0.05) is 0 Å². The molecule has 17 heavy (non-hydrogen) atoms. The Morgan fingerprint density at radius 1 is 1.53 bits per heavy atom. The normalized spacial score (nSPS) is 9.88. The van der Waals surface area contributed by atoms with Gasteiger partial charge in [0.15, 0.2) is 0 Å². The molecule has 0 fully saturated rings. The van der Waals surface area contributed by atoms with Crippen molar-refractivity contribution in [2.75, 3.05) is 11.1 Å². The molecule has 0 bridgehead atoms. The van der Waals surface area contributed by atoms with Gasteiger partial charge in [-0.3, -0.25) is 0 Å². The maximum Gasteiger partial charge on any atom is 0.149 e. The van der Waals surface area contributed by atoms with Gasteiger partial charge < -0.3 is 11.1 Å². The molecular formula is C11H11N5S. The Hall–Kier alpha value is -2.13. The summed E-state index contributed by atoms with van der Waals surface area (Å²) in [4.78, 5) is 9.41. The van der Waals surface area contributed by atoms with Gasteiger partial charge in [-0.25, -0.2) is 9.97 Å². The molecule has 0 spiro atoms. The molecular weight excluding hydrogens is 234 g/mol. The number of aromatic nitrogens is 2. The fourth-order valence-electron chi connectivity index (χ4n) is 1.35. The highest BCUT2D eigenvalue weighted by molar-refractivity contribution is 7.09. The summed E-state index contributed by atoms with van der Waals surface area (Å²) in [5.41, 5.74) is 9.54. The lowest BCUT2D eigenvalue weighted by Gasteiger charge is -2.07. The highest BCUT2D eigenvalue weighted by Gasteiger charge is 2.05. The number of anilines is 2. The summed E-state index contributed by atoms with van der Waals surface area (Å²) >= 11 is 1.59. The van der Waals surface area contributed by atoms with Crippen LogP contribution in [0.25, 0.3) is 0 Å². The largest absolute Gasteiger partial charge is 0.396 e. The van der Waals surface area contributed by atoms with E-state index in [1.807, 2.05) is 18.5 Å². The van der Waals surface area contributed by atoms with Crippen LogP contribution in [0.4, 0.5) is 11.5 Å². The number of thiazole rings is 1. The van der Waals surface area contributed by atoms with Crippen LogP contribution in [-0.4, -0.2) is 9.97 Å². The van der Waals surface area contributed by atoms with Crippen LogP contribution in [0.15, 0.2) is 17.8 Å². The summed E-state index contributed by atoms with van der Waals surface area (Å²) in [5.74, 6) is 0.594. The van der Waals surface area contributed by atoms with Crippen molar-refractivity contribution < 1.29 is 0 Å². The molecule has 6 heteroatoms. The van der Waals surface area contributed by atoms with Gasteiger partial charge in [-0.15, -0.1) is 11.3 Å². The van der Waals surface area contributed by atoms with Crippen LogP contribution >= 0.6 is 11.3 Å². The first-order valence-corrected chi connectivity index (χ1v) is 5.87. The van der Waals surface area contributed by atoms with E-state index in [1.54, 1.807) is 17.4 Å². The standard InChI is InChI=1S/C11H11N5S/c1-7-10(17-6-16-7)5-15-11-9(13)2-8(3-12)4-14-11/h2,4,6H,5,13H2,1H3,(H,14,15). The van der Waals surface area contributed by atoms with Crippen molar-refractivity contribution in [2.24, 2.45) is 0 Å². The molecule has 0 aliphatic rings. The molecule has 0 aromatic carbocycles. The van der Waals surface area contributed by atoms with Gasteiger partial charge in [0.25, 0.3) is 0 Å². The average molecular weight is 245 g/mol. The highest BCUT2D eigenvalue weighted by atomic mass is 32.1. The van der Waals surface area contributed by atoms with Crippen LogP contribution in [0.3, 0.4) is 0 Å². The van der Waals surface area contributed by atoms with E-state index in [2.05, 4.69) is 15.3 Å². The third kappa shape index (κ3) is 2.52. The van der Waals surface area contributed by atoms with Gasteiger partial charge >= 0.3 is 0 Å². The Labute approximate surface area is 103 Å². The molecule has 0 radical (unpaired) electrons. The summed E-state index contributed by atoms with van der Waals surface area (Å²) in [5, 5.41) is 11.8. The molecule has 0 unspecified atom stereocenters. The number of nitrogen functional groups attached to an aromatic ring is 1. The Morgan fingerprint density at radius 3 is 2.94 bits per heavy atom. The molecule has 5 nitrogen and oxygen atoms in total. The molecule has 2 aromatic heterocycles. The van der Waals surface area contributed by atoms with Gasteiger partial charge in [0.1, 0.15) is 11.9 Å². The molecule has 0 saturated carbocycles. The van der Waals surface area contributed by atoms with E-state index in [-0.39, 0.29) is 0 Å². The van der Waals surface area contributed by atoms with E-state index in [1.165, 1.54) is 6.20 Å². The SMILES string of the molecule is Cc1ncsc1CNc1ncc(C#N)cc1N. The Kier molecular flexibility index (Phi) is 3.21. The summed E-state index contributed by atoms with van der Waals surface area (Å²) in [6, 6.07) is 3.60. The van der Waals surface area contributed by atoms with Gasteiger partial charge in [0, 0.05) is 11.1 Å². The molecule has 2 aromatic rings. The number of hydrogen-bond donors (Lipinski definition) is 2. The first kappa shape index (κ1) is 11.4. The Bertz CT molecular complexity index is 569. The molecule has 2 heterocycles. The van der Waals surface area contributed by atoms with Crippen LogP contribution in [0.2, 0.25) is 0 Å². The number of aryl methyl sites for hydroxylation is 1. The summed E-state index contributed by atoms with van der Waals surface area (Å²) in [6.07, 6.45) is 1.50. The van der Waals surface area contributed by atoms with Crippen molar-refractivity contribution in [3.8, 4) is 6.07 Å². The summed E-state index contributed by atoms with van der Waals surface area (Å²) < 4.78 is 0. The Morgan fingerprint density at radius 2 is 2.35 bits per heavy atom. The van der Waals surface area contributed by atoms with E-state index in [0.29, 0.717) is 23.6 Å². The topological polar surface area (TPSA) is 87.6 Å². The molecule has 2 rings (SSSR count). The smallest absolute Gasteiger partial charge is 0.149 e. The van der Waals surface area contributed by atoms with Crippen molar-refractivity contribution in [1.82, 2.24) is 9.97 Å². The van der Waals surface area contributed by atoms with Crippen molar-refractivity contribution in [3.05, 3.63) is 33.9 Å². The predicted molar refractivity (Wildman–Crippen MR) is 67.5 cm³/mol. The van der Waals surface area contributed by atoms with E-state index >= 15 is 0 Å². The second-order valence-corrected chi connectivity index (χ2v) is 4.43. The van der Waals surface area contributed by atoms with Crippen LogP contribution in [-0.2, 0) is 6.54 Å². The van der Waals surface area contributed by atoms with Crippen LogP contribution in [0.1, 0.15) is 16.1 Å². The second-order valence-electron chi connectivity index (χ2n) is 3.49. The zero-order valence-electron chi connectivity index (χ0n) is 9.27. The molecule has 0 saturated heterocycles. The average Bonchev–Trinajstić information content (AvgIpc) is 2.73. The van der Waals surface area contributed by atoms with Gasteiger partial charge in [0.2, 0.25) is 0 Å². The highest BCUT2D eigenvalue weighted by Crippen LogP contribution is 2.19. The summed E-state index contributed by atoms with van der Waals surface area (Å²) in [6.45, 7) is 2.60. The molecule has 0 aliphatic heterocycles. The lowest BCUT2D eigenvalue weighted by molar-refractivity contribution is 1.10. The third-order valence-corrected chi connectivity index (χ3v) is 3.24. The molecule has 0 atom stereocenters. The van der Waals surface area contributed by atoms with Crippen molar-refractivity contribution in [3.63, 3.8) is 0 Å². The lowest BCUT2D eigenvalue weighted by Crippen LogP contribution is -2.04. The number of nitrogens with two attached hydrogens (primary N) is 1. The van der Waals surface area contributed by atoms with Crippen molar-refractivity contribution >= 4 is 22.8 Å². The van der Waals surface area contributed by atoms with Crippen LogP contribution in [0.5, 0.6) is 0 Å². The maximum atomic E-state index is 8.70. The third-order valence-electron chi connectivity index (χ3n) is 2.31. The number of nitrogens with one attached hydrogen (secondary N) is 1. The number of nitriles is 1. The molecule has 0 amide bonds. The van der Waals surface area contributed by atoms with E-state index in [4.69, 9.17) is 11.0 Å². The molecule has 0 aliphatic carbocycles. The first-order valence-electron chi connectivity index (χ1n) is 4.99. The van der Waals surface area contributed by atoms with Gasteiger partial charge in [-0.05, 0) is 13.0 Å². The predicted octanol–water partition coefficient (Wildman–Crippen LogP) is 1.91. The lowest BCUT2D eigenvalue weighted by atomic mass is 10.3. The summed E-state index contributed by atoms with van der Waals surface area (Å²) in [7, 11) is 0. The Balaban J connectivity index is 2.10. The fourth-order valence-corrected chi connectivity index (χ4v) is 2.07. The minimum atomic E-state index is 0.460. The van der Waals surface area contributed by atoms with E-state index in [9.17, 15) is 0 Å². The number of pyridine rings is 1. The molecule has 86 valence electrons. The minimum absolute atomic E-state index is 0.460. The van der Waals surface area contributed by atoms with E-state index in [0.717, 1.165) is 10.6 Å². The van der Waals surface area contributed by atoms with Crippen molar-refractivity contribution in [2.45, 2.75) is 13.5 Å². The quantitative estimate of drug-likeness (QED) is 0.862. The van der Waals surface area contributed by atoms with E-state index < -0.39 is 0 Å². The first-order chi connectivity index (χ1) is 8.20. The van der Waals surface area contributed by atoms with Gasteiger partial charge in [-0.2, -0.15) is 5.26 Å².